The van der Waals surface area contributed by atoms with Gasteiger partial charge in [-0.15, -0.1) is 0 Å². The molecule has 0 radical (unpaired) electrons. The van der Waals surface area contributed by atoms with Gasteiger partial charge in [-0.1, -0.05) is 0 Å². The zero-order valence-electron chi connectivity index (χ0n) is 20.2. The third-order valence-electron chi connectivity index (χ3n) is 6.51. The molecule has 0 spiro atoms. The monoisotopic (exact) mass is 496 g/mol. The van der Waals surface area contributed by atoms with Gasteiger partial charge in [0.25, 0.3) is 0 Å². The maximum atomic E-state index is 13.2. The van der Waals surface area contributed by atoms with Gasteiger partial charge in [-0.25, -0.2) is 4.79 Å². The van der Waals surface area contributed by atoms with E-state index in [-0.39, 0.29) is 11.9 Å². The molecule has 13 nitrogen and oxygen atoms in total. The Morgan fingerprint density at radius 1 is 0.943 bits per heavy atom. The molecule has 4 atom stereocenters. The van der Waals surface area contributed by atoms with Gasteiger partial charge in [-0.2, -0.15) is 0 Å². The summed E-state index contributed by atoms with van der Waals surface area (Å²) in [6.45, 7) is 1.54. The number of nitrogens with two attached hydrogens (primary N) is 4. The predicted molar refractivity (Wildman–Crippen MR) is 130 cm³/mol. The first-order chi connectivity index (χ1) is 16.7. The van der Waals surface area contributed by atoms with Crippen molar-refractivity contribution >= 4 is 29.7 Å². The van der Waals surface area contributed by atoms with E-state index in [0.717, 1.165) is 0 Å². The smallest absolute Gasteiger partial charge is 0.326 e. The Kier molecular flexibility index (Phi) is 11.2. The topological polar surface area (TPSA) is 223 Å². The Labute approximate surface area is 205 Å². The van der Waals surface area contributed by atoms with Crippen LogP contribution in [0.4, 0.5) is 0 Å². The molecule has 2 fully saturated rings. The first-order valence-electron chi connectivity index (χ1n) is 12.3. The molecule has 2 rings (SSSR count). The average molecular weight is 497 g/mol. The van der Waals surface area contributed by atoms with Crippen molar-refractivity contribution in [1.29, 1.82) is 0 Å². The van der Waals surface area contributed by atoms with E-state index in [2.05, 4.69) is 10.3 Å². The van der Waals surface area contributed by atoms with Crippen LogP contribution in [0.3, 0.4) is 0 Å². The number of carbonyl (C=O) groups excluding carboxylic acids is 3. The van der Waals surface area contributed by atoms with Crippen molar-refractivity contribution in [2.75, 3.05) is 26.2 Å². The molecule has 0 aromatic carbocycles. The summed E-state index contributed by atoms with van der Waals surface area (Å²) in [6, 6.07) is -3.29. The molecule has 0 aromatic rings. The molecule has 0 unspecified atom stereocenters. The quantitative estimate of drug-likeness (QED) is 0.0945. The highest BCUT2D eigenvalue weighted by molar-refractivity contribution is 5.94. The van der Waals surface area contributed by atoms with Crippen LogP contribution in [-0.4, -0.2) is 94.9 Å². The molecule has 3 amide bonds. The molecule has 0 bridgehead atoms. The molecule has 10 N–H and O–H groups in total. The molecule has 0 aromatic heterocycles. The minimum atomic E-state index is -1.05. The van der Waals surface area contributed by atoms with Gasteiger partial charge in [0.15, 0.2) is 5.96 Å². The summed E-state index contributed by atoms with van der Waals surface area (Å²) in [5.74, 6) is -2.25. The standard InChI is InChI=1S/C22H40N8O5/c23-10-2-1-7-15(20(33)30-13-5-9-17(30)21(34)35)28-18(31)16-8-4-12-29(16)19(32)14(24)6-3-11-27-22(25)26/h14-17H,1-13,23-24H2,(H,28,31)(H,34,35)(H4,25,26,27)/t14-,15-,16-,17-/m0/s1. The summed E-state index contributed by atoms with van der Waals surface area (Å²) in [6.07, 6.45) is 4.59. The zero-order chi connectivity index (χ0) is 26.0. The average Bonchev–Trinajstić information content (AvgIpc) is 3.50. The van der Waals surface area contributed by atoms with Gasteiger partial charge >= 0.3 is 5.97 Å². The fourth-order valence-electron chi connectivity index (χ4n) is 4.66. The largest absolute Gasteiger partial charge is 0.480 e. The van der Waals surface area contributed by atoms with Gasteiger partial charge in [0.2, 0.25) is 17.7 Å². The van der Waals surface area contributed by atoms with E-state index in [0.29, 0.717) is 84.0 Å². The van der Waals surface area contributed by atoms with Crippen molar-refractivity contribution in [1.82, 2.24) is 15.1 Å². The Hall–Kier alpha value is -2.93. The van der Waals surface area contributed by atoms with E-state index in [1.165, 1.54) is 9.80 Å². The number of guanidine groups is 1. The normalized spacial score (nSPS) is 21.4. The fourth-order valence-corrected chi connectivity index (χ4v) is 4.66. The number of carboxylic acid groups (broad SMARTS) is 1. The molecule has 198 valence electrons. The molecule has 0 saturated carbocycles. The first-order valence-corrected chi connectivity index (χ1v) is 12.3. The van der Waals surface area contributed by atoms with Gasteiger partial charge in [-0.05, 0) is 64.3 Å². The molecule has 2 heterocycles. The highest BCUT2D eigenvalue weighted by Gasteiger charge is 2.40. The lowest BCUT2D eigenvalue weighted by Gasteiger charge is -2.30. The Bertz CT molecular complexity index is 788. The number of rotatable bonds is 13. The minimum absolute atomic E-state index is 0.0275. The van der Waals surface area contributed by atoms with Gasteiger partial charge in [0.1, 0.15) is 18.1 Å². The third kappa shape index (κ3) is 8.06. The molecule has 2 aliphatic heterocycles. The number of carboxylic acids is 1. The van der Waals surface area contributed by atoms with Crippen LogP contribution in [0.5, 0.6) is 0 Å². The molecule has 2 saturated heterocycles. The van der Waals surface area contributed by atoms with Gasteiger partial charge in [0, 0.05) is 19.6 Å². The Balaban J connectivity index is 2.04. The van der Waals surface area contributed by atoms with Crippen LogP contribution in [0.25, 0.3) is 0 Å². The molecular formula is C22H40N8O5. The van der Waals surface area contributed by atoms with E-state index in [9.17, 15) is 24.3 Å². The van der Waals surface area contributed by atoms with Crippen LogP contribution in [-0.2, 0) is 19.2 Å². The van der Waals surface area contributed by atoms with Crippen LogP contribution in [0.15, 0.2) is 4.99 Å². The van der Waals surface area contributed by atoms with Crippen molar-refractivity contribution in [3.05, 3.63) is 0 Å². The highest BCUT2D eigenvalue weighted by Crippen LogP contribution is 2.22. The SMILES string of the molecule is NCCCC[C@H](NC(=O)[C@@H]1CCCN1C(=O)[C@@H](N)CCCN=C(N)N)C(=O)N1CCC[C@H]1C(=O)O. The number of hydrogen-bond acceptors (Lipinski definition) is 7. The summed E-state index contributed by atoms with van der Waals surface area (Å²) in [4.78, 5) is 57.6. The van der Waals surface area contributed by atoms with Crippen molar-refractivity contribution in [3.63, 3.8) is 0 Å². The number of unbranched alkanes of at least 4 members (excludes halogenated alkanes) is 1. The van der Waals surface area contributed by atoms with Crippen molar-refractivity contribution in [3.8, 4) is 0 Å². The lowest BCUT2D eigenvalue weighted by atomic mass is 10.1. The number of nitrogens with one attached hydrogen (secondary N) is 1. The van der Waals surface area contributed by atoms with E-state index in [4.69, 9.17) is 22.9 Å². The number of likely N-dealkylation sites (tertiary alicyclic amines) is 2. The van der Waals surface area contributed by atoms with Crippen molar-refractivity contribution in [2.45, 2.75) is 82.0 Å². The van der Waals surface area contributed by atoms with Crippen molar-refractivity contribution < 1.29 is 24.3 Å². The number of hydrogen-bond donors (Lipinski definition) is 6. The second-order valence-electron chi connectivity index (χ2n) is 9.12. The molecule has 35 heavy (non-hydrogen) atoms. The van der Waals surface area contributed by atoms with Crippen LogP contribution in [0.2, 0.25) is 0 Å². The summed E-state index contributed by atoms with van der Waals surface area (Å²) >= 11 is 0. The minimum Gasteiger partial charge on any atom is -0.480 e. The lowest BCUT2D eigenvalue weighted by molar-refractivity contribution is -0.150. The van der Waals surface area contributed by atoms with Crippen molar-refractivity contribution in [2.24, 2.45) is 27.9 Å². The maximum Gasteiger partial charge on any atom is 0.326 e. The van der Waals surface area contributed by atoms with Gasteiger partial charge in [0.05, 0.1) is 6.04 Å². The molecule has 13 heteroatoms. The highest BCUT2D eigenvalue weighted by atomic mass is 16.4. The molecular weight excluding hydrogens is 456 g/mol. The number of aliphatic carboxylic acids is 1. The number of nitrogens with zero attached hydrogens (tertiary/aromatic N) is 3. The summed E-state index contributed by atoms with van der Waals surface area (Å²) in [7, 11) is 0. The van der Waals surface area contributed by atoms with Crippen LogP contribution in [0.1, 0.15) is 57.8 Å². The van der Waals surface area contributed by atoms with E-state index in [1.807, 2.05) is 0 Å². The Morgan fingerprint density at radius 3 is 2.17 bits per heavy atom. The first kappa shape index (κ1) is 28.3. The third-order valence-corrected chi connectivity index (χ3v) is 6.51. The lowest BCUT2D eigenvalue weighted by Crippen LogP contribution is -2.56. The summed E-state index contributed by atoms with van der Waals surface area (Å²) in [5, 5.41) is 12.3. The number of amides is 3. The van der Waals surface area contributed by atoms with E-state index in [1.54, 1.807) is 0 Å². The second kappa shape index (κ2) is 13.8. The zero-order valence-corrected chi connectivity index (χ0v) is 20.2. The summed E-state index contributed by atoms with van der Waals surface area (Å²) < 4.78 is 0. The van der Waals surface area contributed by atoms with Gasteiger partial charge in [-0.3, -0.25) is 19.4 Å². The maximum absolute atomic E-state index is 13.2. The van der Waals surface area contributed by atoms with E-state index >= 15 is 0 Å². The number of carbonyl (C=O) groups is 4. The van der Waals surface area contributed by atoms with Crippen LogP contribution >= 0.6 is 0 Å². The number of aliphatic imine (C=N–C) groups is 1. The second-order valence-corrected chi connectivity index (χ2v) is 9.12. The molecule has 0 aliphatic carbocycles. The van der Waals surface area contributed by atoms with E-state index < -0.39 is 42.0 Å². The fraction of sp³-hybridized carbons (Fsp3) is 0.773. The summed E-state index contributed by atoms with van der Waals surface area (Å²) in [5.41, 5.74) is 22.2. The van der Waals surface area contributed by atoms with Crippen LogP contribution < -0.4 is 28.3 Å². The molecule has 2 aliphatic rings. The Morgan fingerprint density at radius 2 is 1.57 bits per heavy atom. The van der Waals surface area contributed by atoms with Crippen LogP contribution in [0, 0.1) is 0 Å². The predicted octanol–water partition coefficient (Wildman–Crippen LogP) is -1.95. The van der Waals surface area contributed by atoms with Gasteiger partial charge < -0.3 is 43.2 Å².